The van der Waals surface area contributed by atoms with E-state index in [1.54, 1.807) is 24.5 Å². The van der Waals surface area contributed by atoms with Crippen molar-refractivity contribution in [2.45, 2.75) is 19.5 Å². The highest BCUT2D eigenvalue weighted by molar-refractivity contribution is 5.89. The van der Waals surface area contributed by atoms with E-state index < -0.39 is 5.97 Å². The van der Waals surface area contributed by atoms with Crippen molar-refractivity contribution < 1.29 is 9.90 Å². The minimum Gasteiger partial charge on any atom is -0.478 e. The number of carboxylic acids is 1. The van der Waals surface area contributed by atoms with Crippen molar-refractivity contribution >= 4 is 5.97 Å². The Kier molecular flexibility index (Phi) is 4.26. The zero-order valence-electron chi connectivity index (χ0n) is 10.7. The lowest BCUT2D eigenvalue weighted by Crippen LogP contribution is -2.19. The van der Waals surface area contributed by atoms with E-state index in [-0.39, 0.29) is 6.04 Å². The van der Waals surface area contributed by atoms with Crippen molar-refractivity contribution in [1.29, 1.82) is 0 Å². The highest BCUT2D eigenvalue weighted by Gasteiger charge is 2.10. The van der Waals surface area contributed by atoms with Crippen LogP contribution in [0.4, 0.5) is 0 Å². The third kappa shape index (κ3) is 3.39. The Morgan fingerprint density at radius 3 is 2.63 bits per heavy atom. The Hall–Kier alpha value is -2.20. The first-order chi connectivity index (χ1) is 9.18. The summed E-state index contributed by atoms with van der Waals surface area (Å²) in [6.45, 7) is 2.56. The zero-order chi connectivity index (χ0) is 13.7. The Morgan fingerprint density at radius 1 is 1.26 bits per heavy atom. The molecule has 2 N–H and O–H groups in total. The first kappa shape index (κ1) is 13.2. The van der Waals surface area contributed by atoms with Crippen LogP contribution in [0, 0.1) is 0 Å². The molecular formula is C15H16N2O2. The summed E-state index contributed by atoms with van der Waals surface area (Å²) in [4.78, 5) is 15.1. The Morgan fingerprint density at radius 2 is 1.95 bits per heavy atom. The average Bonchev–Trinajstić information content (AvgIpc) is 2.46. The standard InChI is InChI=1S/C15H16N2O2/c1-11(12-6-8-16-9-7-12)17-10-13-4-2-3-5-14(13)15(18)19/h2-9,11,17H,10H2,1H3,(H,18,19). The molecule has 0 aliphatic rings. The Bertz CT molecular complexity index is 555. The molecular weight excluding hydrogens is 240 g/mol. The minimum atomic E-state index is -0.894. The maximum Gasteiger partial charge on any atom is 0.336 e. The van der Waals surface area contributed by atoms with Gasteiger partial charge in [-0.15, -0.1) is 0 Å². The summed E-state index contributed by atoms with van der Waals surface area (Å²) in [6, 6.07) is 11.1. The van der Waals surface area contributed by atoms with E-state index in [4.69, 9.17) is 5.11 Å². The second-order valence-electron chi connectivity index (χ2n) is 4.35. The molecule has 2 aromatic rings. The van der Waals surface area contributed by atoms with Gasteiger partial charge in [-0.05, 0) is 36.2 Å². The topological polar surface area (TPSA) is 62.2 Å². The van der Waals surface area contributed by atoms with Crippen LogP contribution in [0.25, 0.3) is 0 Å². The van der Waals surface area contributed by atoms with Gasteiger partial charge in [0.15, 0.2) is 0 Å². The highest BCUT2D eigenvalue weighted by Crippen LogP contribution is 2.13. The van der Waals surface area contributed by atoms with E-state index >= 15 is 0 Å². The summed E-state index contributed by atoms with van der Waals surface area (Å²) < 4.78 is 0. The molecule has 1 atom stereocenters. The Labute approximate surface area is 112 Å². The summed E-state index contributed by atoms with van der Waals surface area (Å²) in [7, 11) is 0. The second kappa shape index (κ2) is 6.11. The lowest BCUT2D eigenvalue weighted by atomic mass is 10.1. The fraction of sp³-hybridized carbons (Fsp3) is 0.200. The quantitative estimate of drug-likeness (QED) is 0.863. The van der Waals surface area contributed by atoms with Gasteiger partial charge < -0.3 is 10.4 Å². The lowest BCUT2D eigenvalue weighted by molar-refractivity contribution is 0.0695. The largest absolute Gasteiger partial charge is 0.478 e. The molecule has 0 amide bonds. The van der Waals surface area contributed by atoms with Gasteiger partial charge in [-0.25, -0.2) is 4.79 Å². The zero-order valence-corrected chi connectivity index (χ0v) is 10.7. The molecule has 4 nitrogen and oxygen atoms in total. The molecule has 0 spiro atoms. The number of carbonyl (C=O) groups is 1. The van der Waals surface area contributed by atoms with Gasteiger partial charge in [-0.3, -0.25) is 4.98 Å². The van der Waals surface area contributed by atoms with Gasteiger partial charge in [0.25, 0.3) is 0 Å². The van der Waals surface area contributed by atoms with E-state index in [9.17, 15) is 4.79 Å². The van der Waals surface area contributed by atoms with Gasteiger partial charge >= 0.3 is 5.97 Å². The molecule has 2 rings (SSSR count). The van der Waals surface area contributed by atoms with Crippen LogP contribution in [0.1, 0.15) is 34.5 Å². The van der Waals surface area contributed by atoms with Gasteiger partial charge in [0, 0.05) is 25.0 Å². The van der Waals surface area contributed by atoms with Crippen LogP contribution in [-0.2, 0) is 6.54 Å². The maximum absolute atomic E-state index is 11.1. The smallest absolute Gasteiger partial charge is 0.336 e. The number of hydrogen-bond acceptors (Lipinski definition) is 3. The molecule has 0 aliphatic heterocycles. The average molecular weight is 256 g/mol. The summed E-state index contributed by atoms with van der Waals surface area (Å²) in [6.07, 6.45) is 3.50. The Balaban J connectivity index is 2.05. The van der Waals surface area contributed by atoms with Crippen molar-refractivity contribution in [3.63, 3.8) is 0 Å². The van der Waals surface area contributed by atoms with Gasteiger partial charge in [0.1, 0.15) is 0 Å². The molecule has 0 saturated carbocycles. The first-order valence-electron chi connectivity index (χ1n) is 6.13. The van der Waals surface area contributed by atoms with Crippen molar-refractivity contribution in [3.05, 3.63) is 65.5 Å². The van der Waals surface area contributed by atoms with E-state index in [1.807, 2.05) is 31.2 Å². The molecule has 19 heavy (non-hydrogen) atoms. The molecule has 1 unspecified atom stereocenters. The van der Waals surface area contributed by atoms with Gasteiger partial charge in [0.05, 0.1) is 5.56 Å². The number of benzene rings is 1. The van der Waals surface area contributed by atoms with E-state index in [0.717, 1.165) is 11.1 Å². The molecule has 0 aliphatic carbocycles. The molecule has 0 fully saturated rings. The minimum absolute atomic E-state index is 0.143. The van der Waals surface area contributed by atoms with E-state index in [2.05, 4.69) is 10.3 Å². The number of hydrogen-bond donors (Lipinski definition) is 2. The summed E-state index contributed by atoms with van der Waals surface area (Å²) in [5, 5.41) is 12.4. The van der Waals surface area contributed by atoms with Crippen LogP contribution in [0.15, 0.2) is 48.8 Å². The molecule has 0 bridgehead atoms. The van der Waals surface area contributed by atoms with Crippen LogP contribution < -0.4 is 5.32 Å². The molecule has 0 saturated heterocycles. The molecule has 98 valence electrons. The number of aromatic nitrogens is 1. The number of aromatic carboxylic acids is 1. The summed E-state index contributed by atoms with van der Waals surface area (Å²) in [5.41, 5.74) is 2.26. The van der Waals surface area contributed by atoms with Gasteiger partial charge in [0.2, 0.25) is 0 Å². The number of carboxylic acid groups (broad SMARTS) is 1. The summed E-state index contributed by atoms with van der Waals surface area (Å²) in [5.74, 6) is -0.894. The van der Waals surface area contributed by atoms with Crippen LogP contribution in [0.3, 0.4) is 0 Å². The van der Waals surface area contributed by atoms with Crippen LogP contribution >= 0.6 is 0 Å². The third-order valence-electron chi connectivity index (χ3n) is 3.05. The van der Waals surface area contributed by atoms with Crippen LogP contribution in [0.5, 0.6) is 0 Å². The predicted molar refractivity (Wildman–Crippen MR) is 72.9 cm³/mol. The lowest BCUT2D eigenvalue weighted by Gasteiger charge is -2.15. The van der Waals surface area contributed by atoms with E-state index in [0.29, 0.717) is 12.1 Å². The van der Waals surface area contributed by atoms with Crippen molar-refractivity contribution in [3.8, 4) is 0 Å². The SMILES string of the molecule is CC(NCc1ccccc1C(=O)O)c1ccncc1. The number of pyridine rings is 1. The fourth-order valence-electron chi connectivity index (χ4n) is 1.92. The molecule has 1 heterocycles. The van der Waals surface area contributed by atoms with Crippen molar-refractivity contribution in [2.75, 3.05) is 0 Å². The highest BCUT2D eigenvalue weighted by atomic mass is 16.4. The molecule has 1 aromatic heterocycles. The van der Waals surface area contributed by atoms with E-state index in [1.165, 1.54) is 0 Å². The molecule has 4 heteroatoms. The van der Waals surface area contributed by atoms with Gasteiger partial charge in [-0.1, -0.05) is 18.2 Å². The van der Waals surface area contributed by atoms with Crippen LogP contribution in [-0.4, -0.2) is 16.1 Å². The van der Waals surface area contributed by atoms with Crippen molar-refractivity contribution in [2.24, 2.45) is 0 Å². The van der Waals surface area contributed by atoms with Gasteiger partial charge in [-0.2, -0.15) is 0 Å². The predicted octanol–water partition coefficient (Wildman–Crippen LogP) is 2.63. The maximum atomic E-state index is 11.1. The monoisotopic (exact) mass is 256 g/mol. The summed E-state index contributed by atoms with van der Waals surface area (Å²) >= 11 is 0. The van der Waals surface area contributed by atoms with Crippen LogP contribution in [0.2, 0.25) is 0 Å². The third-order valence-corrected chi connectivity index (χ3v) is 3.05. The second-order valence-corrected chi connectivity index (χ2v) is 4.35. The molecule has 1 aromatic carbocycles. The first-order valence-corrected chi connectivity index (χ1v) is 6.13. The number of rotatable bonds is 5. The van der Waals surface area contributed by atoms with Crippen molar-refractivity contribution in [1.82, 2.24) is 10.3 Å². The molecule has 0 radical (unpaired) electrons. The number of nitrogens with zero attached hydrogens (tertiary/aromatic N) is 1. The normalized spacial score (nSPS) is 12.1. The fourth-order valence-corrected chi connectivity index (χ4v) is 1.92. The number of nitrogens with one attached hydrogen (secondary N) is 1.